The first-order chi connectivity index (χ1) is 7.10. The highest BCUT2D eigenvalue weighted by Crippen LogP contribution is 2.24. The molecule has 0 atom stereocenters. The number of ether oxygens (including phenoxy) is 1. The maximum atomic E-state index is 11.3. The molecule has 0 aliphatic carbocycles. The van der Waals surface area contributed by atoms with Crippen molar-refractivity contribution < 1.29 is 14.3 Å². The standard InChI is InChI=1S/C11H11IO3/c1-3-15-11-5-10(12)8(6-13)4-9(11)7(2)14/h4-6H,3H2,1-2H3. The summed E-state index contributed by atoms with van der Waals surface area (Å²) in [6, 6.07) is 3.28. The van der Waals surface area contributed by atoms with Crippen molar-refractivity contribution in [1.82, 2.24) is 0 Å². The van der Waals surface area contributed by atoms with Gasteiger partial charge in [-0.05, 0) is 48.6 Å². The van der Waals surface area contributed by atoms with Gasteiger partial charge in [0.1, 0.15) is 5.75 Å². The Kier molecular flexibility index (Phi) is 4.26. The minimum Gasteiger partial charge on any atom is -0.493 e. The van der Waals surface area contributed by atoms with Crippen LogP contribution in [0.25, 0.3) is 0 Å². The Morgan fingerprint density at radius 3 is 2.67 bits per heavy atom. The zero-order valence-electron chi connectivity index (χ0n) is 8.54. The smallest absolute Gasteiger partial charge is 0.163 e. The van der Waals surface area contributed by atoms with Crippen molar-refractivity contribution in [3.05, 3.63) is 26.8 Å². The molecule has 4 heteroatoms. The summed E-state index contributed by atoms with van der Waals surface area (Å²) in [5.41, 5.74) is 0.976. The van der Waals surface area contributed by atoms with E-state index in [1.165, 1.54) is 6.92 Å². The largest absolute Gasteiger partial charge is 0.493 e. The van der Waals surface area contributed by atoms with E-state index < -0.39 is 0 Å². The van der Waals surface area contributed by atoms with Gasteiger partial charge in [0.15, 0.2) is 12.1 Å². The fourth-order valence-corrected chi connectivity index (χ4v) is 1.78. The quantitative estimate of drug-likeness (QED) is 0.487. The van der Waals surface area contributed by atoms with Crippen molar-refractivity contribution in [2.75, 3.05) is 6.61 Å². The van der Waals surface area contributed by atoms with E-state index in [0.29, 0.717) is 23.5 Å². The number of benzene rings is 1. The van der Waals surface area contributed by atoms with Crippen molar-refractivity contribution in [3.63, 3.8) is 0 Å². The van der Waals surface area contributed by atoms with E-state index >= 15 is 0 Å². The average Bonchev–Trinajstić information content (AvgIpc) is 2.18. The summed E-state index contributed by atoms with van der Waals surface area (Å²) < 4.78 is 6.13. The normalized spacial score (nSPS) is 9.80. The predicted molar refractivity (Wildman–Crippen MR) is 65.7 cm³/mol. The van der Waals surface area contributed by atoms with Crippen LogP contribution < -0.4 is 4.74 Å². The zero-order chi connectivity index (χ0) is 11.4. The summed E-state index contributed by atoms with van der Waals surface area (Å²) in [4.78, 5) is 22.0. The molecule has 15 heavy (non-hydrogen) atoms. The van der Waals surface area contributed by atoms with Crippen molar-refractivity contribution in [1.29, 1.82) is 0 Å². The van der Waals surface area contributed by atoms with Crippen molar-refractivity contribution in [2.45, 2.75) is 13.8 Å². The fourth-order valence-electron chi connectivity index (χ4n) is 1.21. The Balaban J connectivity index is 3.31. The van der Waals surface area contributed by atoms with Gasteiger partial charge >= 0.3 is 0 Å². The molecule has 1 aromatic rings. The predicted octanol–water partition coefficient (Wildman–Crippen LogP) is 2.71. The van der Waals surface area contributed by atoms with Crippen LogP contribution in [-0.2, 0) is 0 Å². The highest BCUT2D eigenvalue weighted by Gasteiger charge is 2.12. The van der Waals surface area contributed by atoms with Crippen LogP contribution in [0.2, 0.25) is 0 Å². The molecule has 0 heterocycles. The average molecular weight is 318 g/mol. The molecule has 0 aliphatic rings. The summed E-state index contributed by atoms with van der Waals surface area (Å²) in [7, 11) is 0. The van der Waals surface area contributed by atoms with Crippen LogP contribution in [0.3, 0.4) is 0 Å². The van der Waals surface area contributed by atoms with Crippen molar-refractivity contribution in [2.24, 2.45) is 0 Å². The van der Waals surface area contributed by atoms with Crippen molar-refractivity contribution in [3.8, 4) is 5.75 Å². The SMILES string of the molecule is CCOc1cc(I)c(C=O)cc1C(C)=O. The van der Waals surface area contributed by atoms with E-state index in [-0.39, 0.29) is 5.78 Å². The summed E-state index contributed by atoms with van der Waals surface area (Å²) in [5, 5.41) is 0. The van der Waals surface area contributed by atoms with Crippen LogP contribution in [0.4, 0.5) is 0 Å². The molecular formula is C11H11IO3. The highest BCUT2D eigenvalue weighted by molar-refractivity contribution is 14.1. The molecule has 0 unspecified atom stereocenters. The Morgan fingerprint density at radius 1 is 1.53 bits per heavy atom. The van der Waals surface area contributed by atoms with E-state index in [1.54, 1.807) is 12.1 Å². The molecule has 80 valence electrons. The number of hydrogen-bond donors (Lipinski definition) is 0. The van der Waals surface area contributed by atoms with Gasteiger partial charge in [0, 0.05) is 9.13 Å². The van der Waals surface area contributed by atoms with Gasteiger partial charge < -0.3 is 4.74 Å². The molecule has 1 rings (SSSR count). The molecule has 0 spiro atoms. The van der Waals surface area contributed by atoms with E-state index in [4.69, 9.17) is 4.74 Å². The summed E-state index contributed by atoms with van der Waals surface area (Å²) in [6.45, 7) is 3.81. The van der Waals surface area contributed by atoms with Gasteiger partial charge in [-0.3, -0.25) is 9.59 Å². The van der Waals surface area contributed by atoms with Gasteiger partial charge in [0.2, 0.25) is 0 Å². The van der Waals surface area contributed by atoms with E-state index in [0.717, 1.165) is 9.86 Å². The number of rotatable bonds is 4. The second-order valence-electron chi connectivity index (χ2n) is 2.98. The van der Waals surface area contributed by atoms with Gasteiger partial charge in [-0.15, -0.1) is 0 Å². The second-order valence-corrected chi connectivity index (χ2v) is 4.14. The second kappa shape index (κ2) is 5.25. The van der Waals surface area contributed by atoms with Gasteiger partial charge in [0.05, 0.1) is 12.2 Å². The molecule has 0 radical (unpaired) electrons. The number of hydrogen-bond acceptors (Lipinski definition) is 3. The Labute approximate surface area is 102 Å². The molecule has 0 saturated carbocycles. The maximum absolute atomic E-state index is 11.3. The topological polar surface area (TPSA) is 43.4 Å². The van der Waals surface area contributed by atoms with E-state index in [9.17, 15) is 9.59 Å². The lowest BCUT2D eigenvalue weighted by Gasteiger charge is -2.09. The van der Waals surface area contributed by atoms with Gasteiger partial charge in [-0.2, -0.15) is 0 Å². The molecule has 3 nitrogen and oxygen atoms in total. The lowest BCUT2D eigenvalue weighted by atomic mass is 10.1. The Hall–Kier alpha value is -0.910. The first-order valence-electron chi connectivity index (χ1n) is 4.52. The third-order valence-electron chi connectivity index (χ3n) is 1.90. The highest BCUT2D eigenvalue weighted by atomic mass is 127. The van der Waals surface area contributed by atoms with Crippen LogP contribution in [0.5, 0.6) is 5.75 Å². The van der Waals surface area contributed by atoms with Crippen LogP contribution in [0.15, 0.2) is 12.1 Å². The molecular weight excluding hydrogens is 307 g/mol. The van der Waals surface area contributed by atoms with E-state index in [1.807, 2.05) is 29.5 Å². The van der Waals surface area contributed by atoms with Gasteiger partial charge in [-0.1, -0.05) is 0 Å². The number of halogens is 1. The Morgan fingerprint density at radius 2 is 2.20 bits per heavy atom. The first kappa shape index (κ1) is 12.2. The maximum Gasteiger partial charge on any atom is 0.163 e. The molecule has 1 aromatic carbocycles. The Bertz CT molecular complexity index is 399. The number of carbonyl (C=O) groups is 2. The summed E-state index contributed by atoms with van der Waals surface area (Å²) in [5.74, 6) is 0.443. The third-order valence-corrected chi connectivity index (χ3v) is 2.84. The summed E-state index contributed by atoms with van der Waals surface area (Å²) >= 11 is 2.04. The lowest BCUT2D eigenvalue weighted by molar-refractivity contribution is 0.101. The lowest BCUT2D eigenvalue weighted by Crippen LogP contribution is -2.03. The summed E-state index contributed by atoms with van der Waals surface area (Å²) in [6.07, 6.45) is 0.740. The number of carbonyl (C=O) groups excluding carboxylic acids is 2. The number of ketones is 1. The molecule has 0 bridgehead atoms. The third kappa shape index (κ3) is 2.77. The zero-order valence-corrected chi connectivity index (χ0v) is 10.7. The van der Waals surface area contributed by atoms with Crippen LogP contribution in [-0.4, -0.2) is 18.7 Å². The first-order valence-corrected chi connectivity index (χ1v) is 5.60. The minimum atomic E-state index is -0.0991. The molecule has 0 aliphatic heterocycles. The van der Waals surface area contributed by atoms with Crippen LogP contribution >= 0.6 is 22.6 Å². The van der Waals surface area contributed by atoms with E-state index in [2.05, 4.69) is 0 Å². The molecule has 0 aromatic heterocycles. The van der Waals surface area contributed by atoms with Crippen molar-refractivity contribution >= 4 is 34.7 Å². The fraction of sp³-hybridized carbons (Fsp3) is 0.273. The number of Topliss-reactive ketones (excluding diaryl/α,β-unsaturated/α-hetero) is 1. The van der Waals surface area contributed by atoms with Gasteiger partial charge in [0.25, 0.3) is 0 Å². The molecule has 0 fully saturated rings. The molecule has 0 amide bonds. The molecule has 0 N–H and O–H groups in total. The van der Waals surface area contributed by atoms with Gasteiger partial charge in [-0.25, -0.2) is 0 Å². The minimum absolute atomic E-state index is 0.0991. The molecule has 0 saturated heterocycles. The van der Waals surface area contributed by atoms with Crippen LogP contribution in [0.1, 0.15) is 34.6 Å². The monoisotopic (exact) mass is 318 g/mol. The van der Waals surface area contributed by atoms with Crippen LogP contribution in [0, 0.1) is 3.57 Å². The number of aldehydes is 1.